The van der Waals surface area contributed by atoms with Crippen molar-refractivity contribution in [1.82, 2.24) is 9.88 Å². The van der Waals surface area contributed by atoms with Crippen LogP contribution in [0.5, 0.6) is 0 Å². The van der Waals surface area contributed by atoms with Gasteiger partial charge in [0.1, 0.15) is 0 Å². The summed E-state index contributed by atoms with van der Waals surface area (Å²) >= 11 is 0. The van der Waals surface area contributed by atoms with Gasteiger partial charge in [-0.25, -0.2) is 4.79 Å². The van der Waals surface area contributed by atoms with Gasteiger partial charge in [-0.1, -0.05) is 18.2 Å². The van der Waals surface area contributed by atoms with Gasteiger partial charge < -0.3 is 19.7 Å². The largest absolute Gasteiger partial charge is 0.466 e. The van der Waals surface area contributed by atoms with Crippen molar-refractivity contribution in [2.75, 3.05) is 20.2 Å². The molecule has 3 rings (SSSR count). The number of benzene rings is 1. The number of carbonyl (C=O) groups excluding carboxylic acids is 1. The van der Waals surface area contributed by atoms with Gasteiger partial charge in [0.05, 0.1) is 18.8 Å². The smallest absolute Gasteiger partial charge is 0.335 e. The van der Waals surface area contributed by atoms with Crippen molar-refractivity contribution in [3.05, 3.63) is 47.8 Å². The highest BCUT2D eigenvalue weighted by Crippen LogP contribution is 2.25. The first kappa shape index (κ1) is 16.6. The second-order valence-corrected chi connectivity index (χ2v) is 6.46. The zero-order valence-corrected chi connectivity index (χ0v) is 14.2. The Labute approximate surface area is 141 Å². The molecule has 2 atom stereocenters. The van der Waals surface area contributed by atoms with E-state index in [1.807, 2.05) is 24.5 Å². The first-order valence-electron chi connectivity index (χ1n) is 8.34. The average Bonchev–Trinajstić information content (AvgIpc) is 3.02. The summed E-state index contributed by atoms with van der Waals surface area (Å²) in [5.41, 5.74) is 3.03. The van der Waals surface area contributed by atoms with Gasteiger partial charge in [-0.15, -0.1) is 0 Å². The third-order valence-corrected chi connectivity index (χ3v) is 4.76. The number of carbonyl (C=O) groups is 1. The Hall–Kier alpha value is -2.27. The lowest BCUT2D eigenvalue weighted by Crippen LogP contribution is -2.37. The maximum atomic E-state index is 11.9. The monoisotopic (exact) mass is 328 g/mol. The molecule has 1 aromatic heterocycles. The van der Waals surface area contributed by atoms with E-state index in [1.54, 1.807) is 6.92 Å². The Morgan fingerprint density at radius 2 is 2.25 bits per heavy atom. The van der Waals surface area contributed by atoms with Crippen LogP contribution in [0, 0.1) is 5.92 Å². The first-order chi connectivity index (χ1) is 11.6. The van der Waals surface area contributed by atoms with Gasteiger partial charge in [0.25, 0.3) is 0 Å². The minimum Gasteiger partial charge on any atom is -0.466 e. The quantitative estimate of drug-likeness (QED) is 0.828. The van der Waals surface area contributed by atoms with Crippen LogP contribution in [0.1, 0.15) is 18.9 Å². The van der Waals surface area contributed by atoms with Gasteiger partial charge in [-0.3, -0.25) is 0 Å². The van der Waals surface area contributed by atoms with Gasteiger partial charge in [0.15, 0.2) is 0 Å². The minimum atomic E-state index is -0.450. The number of methoxy groups -OCH3 is 1. The molecule has 0 radical (unpaired) electrons. The fourth-order valence-corrected chi connectivity index (χ4v) is 3.32. The van der Waals surface area contributed by atoms with Crippen molar-refractivity contribution in [2.45, 2.75) is 25.9 Å². The van der Waals surface area contributed by atoms with Crippen molar-refractivity contribution in [1.29, 1.82) is 0 Å². The molecule has 0 amide bonds. The average molecular weight is 328 g/mol. The number of nitrogens with zero attached hydrogens (tertiary/aromatic N) is 1. The zero-order chi connectivity index (χ0) is 17.1. The molecule has 1 aliphatic rings. The number of aromatic nitrogens is 1. The number of esters is 1. The van der Waals surface area contributed by atoms with Crippen LogP contribution < -0.4 is 0 Å². The number of aliphatic hydroxyl groups is 1. The molecule has 1 aliphatic heterocycles. The molecular formula is C19H24N2O3. The molecule has 0 saturated carbocycles. The molecule has 2 aromatic rings. The topological polar surface area (TPSA) is 65.6 Å². The van der Waals surface area contributed by atoms with Gasteiger partial charge in [0, 0.05) is 42.3 Å². The number of rotatable bonds is 5. The summed E-state index contributed by atoms with van der Waals surface area (Å²) in [6.45, 7) is 3.33. The molecule has 128 valence electrons. The molecule has 24 heavy (non-hydrogen) atoms. The highest BCUT2D eigenvalue weighted by molar-refractivity contribution is 5.88. The van der Waals surface area contributed by atoms with E-state index in [0.29, 0.717) is 12.0 Å². The lowest BCUT2D eigenvalue weighted by molar-refractivity contribution is -0.136. The molecule has 1 aromatic carbocycles. The molecule has 2 N–H and O–H groups in total. The molecule has 5 heteroatoms. The van der Waals surface area contributed by atoms with Crippen LogP contribution in [0.4, 0.5) is 0 Å². The van der Waals surface area contributed by atoms with Crippen molar-refractivity contribution in [3.8, 4) is 0 Å². The minimum absolute atomic E-state index is 0.0482. The molecule has 2 heterocycles. The summed E-state index contributed by atoms with van der Waals surface area (Å²) < 4.78 is 4.85. The summed E-state index contributed by atoms with van der Waals surface area (Å²) in [4.78, 5) is 17.3. The van der Waals surface area contributed by atoms with Crippen molar-refractivity contribution in [3.63, 3.8) is 0 Å². The standard InChI is InChI=1S/C19H24N2O3/c1-13(22)15-9-16(19(23)24-2)12-21(11-15)8-7-14-10-20-18-6-4-3-5-17(14)18/h3-6,10,12-13,15,20,22H,7-9,11H2,1-2H3. The lowest BCUT2D eigenvalue weighted by atomic mass is 9.91. The van der Waals surface area contributed by atoms with E-state index >= 15 is 0 Å². The second kappa shape index (κ2) is 7.09. The van der Waals surface area contributed by atoms with Crippen LogP contribution in [-0.2, 0) is 16.0 Å². The fourth-order valence-electron chi connectivity index (χ4n) is 3.32. The van der Waals surface area contributed by atoms with E-state index in [4.69, 9.17) is 4.74 Å². The van der Waals surface area contributed by atoms with Crippen LogP contribution in [0.3, 0.4) is 0 Å². The van der Waals surface area contributed by atoms with Crippen LogP contribution >= 0.6 is 0 Å². The highest BCUT2D eigenvalue weighted by Gasteiger charge is 2.27. The van der Waals surface area contributed by atoms with Crippen LogP contribution in [0.15, 0.2) is 42.2 Å². The Kier molecular flexibility index (Phi) is 4.90. The van der Waals surface area contributed by atoms with E-state index in [-0.39, 0.29) is 11.9 Å². The van der Waals surface area contributed by atoms with Crippen LogP contribution in [0.25, 0.3) is 10.9 Å². The van der Waals surface area contributed by atoms with E-state index in [1.165, 1.54) is 18.1 Å². The van der Waals surface area contributed by atoms with Gasteiger partial charge in [-0.05, 0) is 31.4 Å². The van der Waals surface area contributed by atoms with Crippen molar-refractivity contribution < 1.29 is 14.6 Å². The number of hydrogen-bond donors (Lipinski definition) is 2. The van der Waals surface area contributed by atoms with Crippen molar-refractivity contribution in [2.24, 2.45) is 5.92 Å². The highest BCUT2D eigenvalue weighted by atomic mass is 16.5. The maximum absolute atomic E-state index is 11.9. The molecule has 2 unspecified atom stereocenters. The van der Waals surface area contributed by atoms with E-state index in [9.17, 15) is 9.90 Å². The third-order valence-electron chi connectivity index (χ3n) is 4.76. The molecule has 0 fully saturated rings. The van der Waals surface area contributed by atoms with Gasteiger partial charge in [0.2, 0.25) is 0 Å². The fraction of sp³-hybridized carbons (Fsp3) is 0.421. The SMILES string of the molecule is COC(=O)C1=CN(CCc2c[nH]c3ccccc23)CC(C(C)O)C1. The molecule has 0 bridgehead atoms. The number of H-pyrrole nitrogens is 1. The first-order valence-corrected chi connectivity index (χ1v) is 8.34. The molecule has 0 saturated heterocycles. The van der Waals surface area contributed by atoms with Crippen LogP contribution in [0.2, 0.25) is 0 Å². The molecule has 5 nitrogen and oxygen atoms in total. The number of aromatic amines is 1. The lowest BCUT2D eigenvalue weighted by Gasteiger charge is -2.33. The molecular weight excluding hydrogens is 304 g/mol. The van der Waals surface area contributed by atoms with E-state index in [2.05, 4.69) is 22.0 Å². The normalized spacial score (nSPS) is 19.2. The number of ether oxygens (including phenoxy) is 1. The summed E-state index contributed by atoms with van der Waals surface area (Å²) in [5, 5.41) is 11.2. The Balaban J connectivity index is 1.74. The number of fused-ring (bicyclic) bond motifs is 1. The van der Waals surface area contributed by atoms with Crippen molar-refractivity contribution >= 4 is 16.9 Å². The zero-order valence-electron chi connectivity index (χ0n) is 14.2. The van der Waals surface area contributed by atoms with Gasteiger partial charge in [-0.2, -0.15) is 0 Å². The summed E-state index contributed by atoms with van der Waals surface area (Å²) in [6.07, 6.45) is 4.93. The molecule has 0 aliphatic carbocycles. The number of nitrogens with one attached hydrogen (secondary N) is 1. The van der Waals surface area contributed by atoms with E-state index in [0.717, 1.165) is 25.0 Å². The number of hydrogen-bond acceptors (Lipinski definition) is 4. The summed E-state index contributed by atoms with van der Waals surface area (Å²) in [5.74, 6) is -0.260. The predicted molar refractivity (Wildman–Crippen MR) is 93.5 cm³/mol. The third kappa shape index (κ3) is 3.46. The Morgan fingerprint density at radius 3 is 3.00 bits per heavy atom. The second-order valence-electron chi connectivity index (χ2n) is 6.46. The maximum Gasteiger partial charge on any atom is 0.335 e. The summed E-state index contributed by atoms with van der Waals surface area (Å²) in [7, 11) is 1.39. The summed E-state index contributed by atoms with van der Waals surface area (Å²) in [6, 6.07) is 8.25. The predicted octanol–water partition coefficient (Wildman–Crippen LogP) is 2.47. The Morgan fingerprint density at radius 1 is 1.46 bits per heavy atom. The number of para-hydroxylation sites is 1. The van der Waals surface area contributed by atoms with E-state index < -0.39 is 6.10 Å². The Bertz CT molecular complexity index is 748. The number of aliphatic hydroxyl groups excluding tert-OH is 1. The molecule has 0 spiro atoms. The van der Waals surface area contributed by atoms with Gasteiger partial charge >= 0.3 is 5.97 Å². The van der Waals surface area contributed by atoms with Crippen LogP contribution in [-0.4, -0.2) is 47.3 Å².